The third kappa shape index (κ3) is 4.25. The van der Waals surface area contributed by atoms with Gasteiger partial charge in [0.1, 0.15) is 10.7 Å². The fourth-order valence-corrected chi connectivity index (χ4v) is 3.35. The molecule has 140 valence electrons. The van der Waals surface area contributed by atoms with Crippen LogP contribution in [0.25, 0.3) is 0 Å². The molecule has 2 aromatic rings. The van der Waals surface area contributed by atoms with Crippen molar-refractivity contribution in [1.29, 1.82) is 0 Å². The lowest BCUT2D eigenvalue weighted by Crippen LogP contribution is -2.16. The van der Waals surface area contributed by atoms with E-state index in [0.29, 0.717) is 12.1 Å². The Morgan fingerprint density at radius 2 is 1.81 bits per heavy atom. The third-order valence-electron chi connectivity index (χ3n) is 3.17. The van der Waals surface area contributed by atoms with Crippen molar-refractivity contribution in [3.8, 4) is 0 Å². The molecule has 1 N–H and O–H groups in total. The van der Waals surface area contributed by atoms with Crippen LogP contribution in [0, 0.1) is 5.82 Å². The topological polar surface area (TPSA) is 72.5 Å². The lowest BCUT2D eigenvalue weighted by Gasteiger charge is -2.13. The van der Waals surface area contributed by atoms with E-state index < -0.39 is 49.2 Å². The minimum Gasteiger partial charge on any atom is -0.465 e. The highest BCUT2D eigenvalue weighted by Gasteiger charge is 2.34. The SMILES string of the molecule is COC(=O)c1ccc(F)c(S(=O)(=O)Nc2ccc(Cl)c(C(F)(F)F)c2)c1. The van der Waals surface area contributed by atoms with Crippen LogP contribution in [0.3, 0.4) is 0 Å². The van der Waals surface area contributed by atoms with E-state index in [1.807, 2.05) is 4.72 Å². The van der Waals surface area contributed by atoms with Crippen molar-refractivity contribution < 1.29 is 35.5 Å². The van der Waals surface area contributed by atoms with E-state index in [4.69, 9.17) is 11.6 Å². The zero-order valence-corrected chi connectivity index (χ0v) is 14.5. The molecular weight excluding hydrogens is 402 g/mol. The van der Waals surface area contributed by atoms with E-state index >= 15 is 0 Å². The van der Waals surface area contributed by atoms with Crippen LogP contribution in [0.4, 0.5) is 23.2 Å². The summed E-state index contributed by atoms with van der Waals surface area (Å²) < 4.78 is 83.3. The van der Waals surface area contributed by atoms with E-state index in [0.717, 1.165) is 31.4 Å². The van der Waals surface area contributed by atoms with Crippen LogP contribution in [-0.2, 0) is 20.9 Å². The Labute approximate surface area is 150 Å². The summed E-state index contributed by atoms with van der Waals surface area (Å²) in [7, 11) is -3.58. The zero-order valence-electron chi connectivity index (χ0n) is 12.9. The van der Waals surface area contributed by atoms with Gasteiger partial charge in [0.15, 0.2) is 0 Å². The molecule has 0 saturated heterocycles. The molecule has 0 aliphatic carbocycles. The standard InChI is InChI=1S/C15H10ClF4NO4S/c1-25-14(22)8-2-5-12(17)13(6-8)26(23,24)21-9-3-4-11(16)10(7-9)15(18,19)20/h2-7,21H,1H3. The first-order valence-corrected chi connectivity index (χ1v) is 8.59. The van der Waals surface area contributed by atoms with E-state index in [-0.39, 0.29) is 5.56 Å². The maximum Gasteiger partial charge on any atom is 0.417 e. The van der Waals surface area contributed by atoms with Crippen LogP contribution >= 0.6 is 11.6 Å². The van der Waals surface area contributed by atoms with Crippen molar-refractivity contribution in [3.05, 3.63) is 58.4 Å². The first-order chi connectivity index (χ1) is 12.0. The second-order valence-corrected chi connectivity index (χ2v) is 6.99. The van der Waals surface area contributed by atoms with Crippen molar-refractivity contribution in [2.75, 3.05) is 11.8 Å². The monoisotopic (exact) mass is 411 g/mol. The quantitative estimate of drug-likeness (QED) is 0.607. The maximum atomic E-state index is 13.9. The second-order valence-electron chi connectivity index (χ2n) is 4.93. The van der Waals surface area contributed by atoms with Gasteiger partial charge in [-0.05, 0) is 36.4 Å². The Hall–Kier alpha value is -2.33. The number of esters is 1. The molecule has 26 heavy (non-hydrogen) atoms. The average molecular weight is 412 g/mol. The van der Waals surface area contributed by atoms with Crippen molar-refractivity contribution >= 4 is 33.3 Å². The smallest absolute Gasteiger partial charge is 0.417 e. The van der Waals surface area contributed by atoms with Crippen LogP contribution in [0.1, 0.15) is 15.9 Å². The summed E-state index contributed by atoms with van der Waals surface area (Å²) in [4.78, 5) is 10.5. The van der Waals surface area contributed by atoms with E-state index in [1.54, 1.807) is 0 Å². The summed E-state index contributed by atoms with van der Waals surface area (Å²) in [6, 6.07) is 4.75. The van der Waals surface area contributed by atoms with Gasteiger partial charge in [-0.3, -0.25) is 4.72 Å². The van der Waals surface area contributed by atoms with Gasteiger partial charge in [0, 0.05) is 5.69 Å². The van der Waals surface area contributed by atoms with E-state index in [1.165, 1.54) is 0 Å². The molecule has 0 bridgehead atoms. The molecule has 0 amide bonds. The molecular formula is C15H10ClF4NO4S. The lowest BCUT2D eigenvalue weighted by atomic mass is 10.2. The van der Waals surface area contributed by atoms with Gasteiger partial charge in [-0.15, -0.1) is 0 Å². The molecule has 0 aliphatic heterocycles. The molecule has 0 spiro atoms. The molecule has 0 radical (unpaired) electrons. The van der Waals surface area contributed by atoms with Gasteiger partial charge < -0.3 is 4.74 Å². The molecule has 2 aromatic carbocycles. The number of carbonyl (C=O) groups excluding carboxylic acids is 1. The molecule has 0 atom stereocenters. The number of nitrogens with one attached hydrogen (secondary N) is 1. The predicted octanol–water partition coefficient (Wildman–Crippen LogP) is 4.09. The van der Waals surface area contributed by atoms with Crippen LogP contribution < -0.4 is 4.72 Å². The van der Waals surface area contributed by atoms with Crippen molar-refractivity contribution in [1.82, 2.24) is 0 Å². The van der Waals surface area contributed by atoms with Crippen molar-refractivity contribution in [2.45, 2.75) is 11.1 Å². The van der Waals surface area contributed by atoms with Crippen molar-refractivity contribution in [2.24, 2.45) is 0 Å². The highest BCUT2D eigenvalue weighted by molar-refractivity contribution is 7.92. The van der Waals surface area contributed by atoms with Gasteiger partial charge in [-0.25, -0.2) is 17.6 Å². The number of ether oxygens (including phenoxy) is 1. The molecule has 2 rings (SSSR count). The van der Waals surface area contributed by atoms with Crippen molar-refractivity contribution in [3.63, 3.8) is 0 Å². The van der Waals surface area contributed by atoms with Gasteiger partial charge >= 0.3 is 12.1 Å². The van der Waals surface area contributed by atoms with Gasteiger partial charge in [0.05, 0.1) is 23.3 Å². The Bertz CT molecular complexity index is 961. The van der Waals surface area contributed by atoms with Gasteiger partial charge in [0.2, 0.25) is 0 Å². The summed E-state index contributed by atoms with van der Waals surface area (Å²) in [6.45, 7) is 0. The third-order valence-corrected chi connectivity index (χ3v) is 4.89. The first kappa shape index (κ1) is 20.0. The number of hydrogen-bond donors (Lipinski definition) is 1. The van der Waals surface area contributed by atoms with Gasteiger partial charge in [-0.2, -0.15) is 13.2 Å². The van der Waals surface area contributed by atoms with Crippen LogP contribution in [0.2, 0.25) is 5.02 Å². The minimum atomic E-state index is -4.81. The predicted molar refractivity (Wildman–Crippen MR) is 85.0 cm³/mol. The summed E-state index contributed by atoms with van der Waals surface area (Å²) in [5, 5.41) is -0.626. The summed E-state index contributed by atoms with van der Waals surface area (Å²) >= 11 is 5.46. The lowest BCUT2D eigenvalue weighted by molar-refractivity contribution is -0.137. The van der Waals surface area contributed by atoms with E-state index in [9.17, 15) is 30.8 Å². The number of alkyl halides is 3. The largest absolute Gasteiger partial charge is 0.465 e. The number of methoxy groups -OCH3 is 1. The Morgan fingerprint density at radius 3 is 2.38 bits per heavy atom. The number of rotatable bonds is 4. The molecule has 0 unspecified atom stereocenters. The second kappa shape index (κ2) is 7.12. The van der Waals surface area contributed by atoms with Crippen LogP contribution in [0.5, 0.6) is 0 Å². The van der Waals surface area contributed by atoms with Crippen LogP contribution in [0.15, 0.2) is 41.3 Å². The average Bonchev–Trinajstić information content (AvgIpc) is 2.55. The van der Waals surface area contributed by atoms with Gasteiger partial charge in [0.25, 0.3) is 10.0 Å². The Balaban J connectivity index is 2.46. The highest BCUT2D eigenvalue weighted by atomic mass is 35.5. The normalized spacial score (nSPS) is 11.9. The molecule has 0 saturated carbocycles. The number of sulfonamides is 1. The van der Waals surface area contributed by atoms with Crippen LogP contribution in [-0.4, -0.2) is 21.5 Å². The number of carbonyl (C=O) groups is 1. The molecule has 0 fully saturated rings. The highest BCUT2D eigenvalue weighted by Crippen LogP contribution is 2.36. The number of benzene rings is 2. The zero-order chi connectivity index (χ0) is 19.7. The molecule has 0 aromatic heterocycles. The fourth-order valence-electron chi connectivity index (χ4n) is 1.97. The maximum absolute atomic E-state index is 13.9. The minimum absolute atomic E-state index is 0.249. The first-order valence-electron chi connectivity index (χ1n) is 6.73. The Morgan fingerprint density at radius 1 is 1.15 bits per heavy atom. The van der Waals surface area contributed by atoms with Gasteiger partial charge in [-0.1, -0.05) is 11.6 Å². The summed E-state index contributed by atoms with van der Waals surface area (Å²) in [5.41, 5.74) is -1.99. The summed E-state index contributed by atoms with van der Waals surface area (Å²) in [5.74, 6) is -2.11. The Kier molecular flexibility index (Phi) is 5.47. The number of hydrogen-bond acceptors (Lipinski definition) is 4. The van der Waals surface area contributed by atoms with E-state index in [2.05, 4.69) is 4.74 Å². The molecule has 11 heteroatoms. The number of halogens is 5. The molecule has 0 heterocycles. The molecule has 0 aliphatic rings. The summed E-state index contributed by atoms with van der Waals surface area (Å²) in [6.07, 6.45) is -4.81. The number of anilines is 1. The molecule has 5 nitrogen and oxygen atoms in total. The fraction of sp³-hybridized carbons (Fsp3) is 0.133.